The van der Waals surface area contributed by atoms with Crippen LogP contribution in [0.1, 0.15) is 38.7 Å². The van der Waals surface area contributed by atoms with Gasteiger partial charge in [-0.3, -0.25) is 0 Å². The number of amides is 1. The third kappa shape index (κ3) is 3.50. The van der Waals surface area contributed by atoms with E-state index < -0.39 is 23.9 Å². The number of carbonyl (C=O) groups excluding carboxylic acids is 1. The van der Waals surface area contributed by atoms with Gasteiger partial charge in [0.15, 0.2) is 0 Å². The predicted molar refractivity (Wildman–Crippen MR) is 94.3 cm³/mol. The Morgan fingerprint density at radius 2 is 2.08 bits per heavy atom. The van der Waals surface area contributed by atoms with Crippen molar-refractivity contribution in [1.29, 1.82) is 0 Å². The number of pyridine rings is 1. The smallest absolute Gasteiger partial charge is 0.417 e. The first kappa shape index (κ1) is 18.2. The van der Waals surface area contributed by atoms with Gasteiger partial charge in [0.05, 0.1) is 12.6 Å². The molecule has 0 aromatic carbocycles. The summed E-state index contributed by atoms with van der Waals surface area (Å²) >= 11 is 0. The number of hydrogen-bond donors (Lipinski definition) is 2. The lowest BCUT2D eigenvalue weighted by molar-refractivity contribution is -0.00139. The van der Waals surface area contributed by atoms with Crippen molar-refractivity contribution in [3.8, 4) is 0 Å². The second-order valence-corrected chi connectivity index (χ2v) is 7.50. The monoisotopic (exact) mass is 361 g/mol. The van der Waals surface area contributed by atoms with Gasteiger partial charge in [-0.05, 0) is 44.9 Å². The van der Waals surface area contributed by atoms with Crippen LogP contribution >= 0.6 is 0 Å². The average Bonchev–Trinajstić information content (AvgIpc) is 2.93. The van der Waals surface area contributed by atoms with Gasteiger partial charge in [-0.15, -0.1) is 0 Å². The van der Waals surface area contributed by atoms with Gasteiger partial charge in [0.1, 0.15) is 11.2 Å². The molecule has 3 heterocycles. The number of rotatable bonds is 1. The summed E-state index contributed by atoms with van der Waals surface area (Å²) in [6.07, 6.45) is 1.16. The normalized spacial score (nSPS) is 21.0. The molecular weight excluding hydrogens is 338 g/mol. The summed E-state index contributed by atoms with van der Waals surface area (Å²) in [7, 11) is 0. The Labute approximate surface area is 151 Å². The predicted octanol–water partition coefficient (Wildman–Crippen LogP) is 2.65. The number of nitrogens with zero attached hydrogens (tertiary/aromatic N) is 3. The number of fused-ring (bicyclic) bond motifs is 1. The Morgan fingerprint density at radius 1 is 1.35 bits per heavy atom. The van der Waals surface area contributed by atoms with Crippen LogP contribution in [-0.4, -0.2) is 61.6 Å². The summed E-state index contributed by atoms with van der Waals surface area (Å²) in [5.74, 6) is -0.277. The van der Waals surface area contributed by atoms with Crippen molar-refractivity contribution < 1.29 is 24.5 Å². The van der Waals surface area contributed by atoms with Crippen molar-refractivity contribution in [3.05, 3.63) is 30.1 Å². The summed E-state index contributed by atoms with van der Waals surface area (Å²) in [6, 6.07) is 3.53. The molecule has 0 aliphatic carbocycles. The average molecular weight is 361 g/mol. The molecular formula is C18H23N3O5. The molecule has 26 heavy (non-hydrogen) atoms. The summed E-state index contributed by atoms with van der Waals surface area (Å²) in [6.45, 7) is 5.95. The second-order valence-electron chi connectivity index (χ2n) is 7.50. The van der Waals surface area contributed by atoms with E-state index in [1.54, 1.807) is 32.9 Å². The SMILES string of the molecule is CC(C)(C)OC(=O)N1CCC(c2cn(C(=O)O)c3ncccc23)[C@H](O)C1. The Morgan fingerprint density at radius 3 is 2.69 bits per heavy atom. The van der Waals surface area contributed by atoms with Crippen LogP contribution in [0.25, 0.3) is 11.0 Å². The molecule has 2 aromatic heterocycles. The van der Waals surface area contributed by atoms with Gasteiger partial charge >= 0.3 is 12.2 Å². The minimum absolute atomic E-state index is 0.138. The van der Waals surface area contributed by atoms with Gasteiger partial charge in [0, 0.05) is 30.2 Å². The van der Waals surface area contributed by atoms with Crippen LogP contribution in [-0.2, 0) is 4.74 Å². The van der Waals surface area contributed by atoms with Gasteiger partial charge in [-0.1, -0.05) is 0 Å². The molecule has 8 nitrogen and oxygen atoms in total. The maximum Gasteiger partial charge on any atom is 0.417 e. The zero-order valence-corrected chi connectivity index (χ0v) is 15.0. The van der Waals surface area contributed by atoms with E-state index in [1.165, 1.54) is 17.3 Å². The lowest BCUT2D eigenvalue weighted by Crippen LogP contribution is -2.47. The van der Waals surface area contributed by atoms with Crippen molar-refractivity contribution in [2.45, 2.75) is 44.8 Å². The zero-order chi connectivity index (χ0) is 19.1. The number of aliphatic hydroxyl groups excluding tert-OH is 1. The molecule has 0 spiro atoms. The molecule has 140 valence electrons. The third-order valence-corrected chi connectivity index (χ3v) is 4.43. The van der Waals surface area contributed by atoms with E-state index in [0.717, 1.165) is 10.1 Å². The summed E-state index contributed by atoms with van der Waals surface area (Å²) in [5.41, 5.74) is 0.475. The van der Waals surface area contributed by atoms with Crippen LogP contribution in [0.3, 0.4) is 0 Å². The molecule has 1 amide bonds. The van der Waals surface area contributed by atoms with Crippen LogP contribution in [0.5, 0.6) is 0 Å². The number of aliphatic hydroxyl groups is 1. The number of carbonyl (C=O) groups is 2. The van der Waals surface area contributed by atoms with E-state index in [-0.39, 0.29) is 12.5 Å². The lowest BCUT2D eigenvalue weighted by atomic mass is 9.87. The number of ether oxygens (including phenoxy) is 1. The van der Waals surface area contributed by atoms with Crippen molar-refractivity contribution in [2.75, 3.05) is 13.1 Å². The van der Waals surface area contributed by atoms with E-state index in [2.05, 4.69) is 4.98 Å². The highest BCUT2D eigenvalue weighted by Crippen LogP contribution is 2.34. The maximum atomic E-state index is 12.2. The number of hydrogen-bond acceptors (Lipinski definition) is 5. The topological polar surface area (TPSA) is 105 Å². The first-order valence-electron chi connectivity index (χ1n) is 8.52. The lowest BCUT2D eigenvalue weighted by Gasteiger charge is -2.36. The van der Waals surface area contributed by atoms with Gasteiger partial charge in [0.25, 0.3) is 0 Å². The molecule has 1 aliphatic heterocycles. The highest BCUT2D eigenvalue weighted by Gasteiger charge is 2.35. The highest BCUT2D eigenvalue weighted by atomic mass is 16.6. The Hall–Kier alpha value is -2.61. The minimum atomic E-state index is -1.12. The number of aromatic nitrogens is 2. The molecule has 0 saturated carbocycles. The molecule has 3 rings (SSSR count). The zero-order valence-electron chi connectivity index (χ0n) is 15.0. The van der Waals surface area contributed by atoms with Crippen LogP contribution < -0.4 is 0 Å². The third-order valence-electron chi connectivity index (χ3n) is 4.43. The Balaban J connectivity index is 1.84. The van der Waals surface area contributed by atoms with E-state index >= 15 is 0 Å². The quantitative estimate of drug-likeness (QED) is 0.809. The number of likely N-dealkylation sites (tertiary alicyclic amines) is 1. The van der Waals surface area contributed by atoms with Crippen molar-refractivity contribution in [3.63, 3.8) is 0 Å². The Bertz CT molecular complexity index is 839. The van der Waals surface area contributed by atoms with Crippen LogP contribution in [0.15, 0.2) is 24.5 Å². The molecule has 0 radical (unpaired) electrons. The first-order chi connectivity index (χ1) is 12.2. The molecule has 0 bridgehead atoms. The van der Waals surface area contributed by atoms with E-state index in [1.807, 2.05) is 0 Å². The highest BCUT2D eigenvalue weighted by molar-refractivity contribution is 5.89. The summed E-state index contributed by atoms with van der Waals surface area (Å²) in [4.78, 5) is 29.3. The molecule has 2 N–H and O–H groups in total. The second kappa shape index (κ2) is 6.60. The fourth-order valence-electron chi connectivity index (χ4n) is 3.31. The van der Waals surface area contributed by atoms with E-state index in [9.17, 15) is 19.8 Å². The van der Waals surface area contributed by atoms with E-state index in [4.69, 9.17) is 4.74 Å². The summed E-state index contributed by atoms with van der Waals surface area (Å²) in [5, 5.41) is 20.7. The molecule has 1 saturated heterocycles. The minimum Gasteiger partial charge on any atom is -0.464 e. The van der Waals surface area contributed by atoms with Crippen molar-refractivity contribution in [1.82, 2.24) is 14.5 Å². The fraction of sp³-hybridized carbons (Fsp3) is 0.500. The maximum absolute atomic E-state index is 12.2. The van der Waals surface area contributed by atoms with Gasteiger partial charge in [0.2, 0.25) is 0 Å². The molecule has 8 heteroatoms. The van der Waals surface area contributed by atoms with Crippen molar-refractivity contribution in [2.24, 2.45) is 0 Å². The van der Waals surface area contributed by atoms with E-state index in [0.29, 0.717) is 24.0 Å². The number of piperidine rings is 1. The largest absolute Gasteiger partial charge is 0.464 e. The summed E-state index contributed by atoms with van der Waals surface area (Å²) < 4.78 is 6.42. The van der Waals surface area contributed by atoms with Gasteiger partial charge in [-0.25, -0.2) is 19.1 Å². The Kier molecular flexibility index (Phi) is 4.62. The van der Waals surface area contributed by atoms with Gasteiger partial charge in [-0.2, -0.15) is 0 Å². The standard InChI is InChI=1S/C18H23N3O5/c1-18(2,3)26-17(25)20-8-6-11(14(22)10-20)13-9-21(16(23)24)15-12(13)5-4-7-19-15/h4-5,7,9,11,14,22H,6,8,10H2,1-3H3,(H,23,24)/t11?,14-/m1/s1. The van der Waals surface area contributed by atoms with Crippen LogP contribution in [0.2, 0.25) is 0 Å². The van der Waals surface area contributed by atoms with Crippen LogP contribution in [0, 0.1) is 0 Å². The number of β-amino-alcohol motifs (C(OH)–C–C–N with tert-alkyl or cyclic N) is 1. The van der Waals surface area contributed by atoms with Gasteiger partial charge < -0.3 is 19.8 Å². The fourth-order valence-corrected chi connectivity index (χ4v) is 3.31. The van der Waals surface area contributed by atoms with Crippen molar-refractivity contribution >= 4 is 23.2 Å². The molecule has 1 unspecified atom stereocenters. The van der Waals surface area contributed by atoms with Crippen LogP contribution in [0.4, 0.5) is 9.59 Å². The molecule has 2 atom stereocenters. The first-order valence-corrected chi connectivity index (χ1v) is 8.52. The molecule has 1 aliphatic rings. The molecule has 1 fully saturated rings. The number of carboxylic acid groups (broad SMARTS) is 1. The molecule has 2 aromatic rings.